The highest BCUT2D eigenvalue weighted by molar-refractivity contribution is 5.82. The molecule has 0 saturated carbocycles. The van der Waals surface area contributed by atoms with Crippen molar-refractivity contribution in [3.63, 3.8) is 0 Å². The van der Waals surface area contributed by atoms with Gasteiger partial charge in [0.05, 0.1) is 17.8 Å². The first-order valence-electron chi connectivity index (χ1n) is 7.03. The first-order chi connectivity index (χ1) is 8.97. The molecule has 0 aliphatic carbocycles. The largest absolute Gasteiger partial charge is 0.334 e. The molecule has 1 aromatic heterocycles. The second-order valence-electron chi connectivity index (χ2n) is 5.41. The van der Waals surface area contributed by atoms with Gasteiger partial charge < -0.3 is 10.6 Å². The topological polar surface area (TPSA) is 64.2 Å². The lowest BCUT2D eigenvalue weighted by Crippen LogP contribution is -2.43. The number of carbonyl (C=O) groups excluding carboxylic acids is 1. The van der Waals surface area contributed by atoms with Crippen LogP contribution in [0.1, 0.15) is 49.2 Å². The van der Waals surface area contributed by atoms with Crippen molar-refractivity contribution in [2.45, 2.75) is 52.1 Å². The Morgan fingerprint density at radius 3 is 2.74 bits per heavy atom. The van der Waals surface area contributed by atoms with Crippen LogP contribution in [-0.2, 0) is 11.8 Å². The van der Waals surface area contributed by atoms with Gasteiger partial charge in [-0.3, -0.25) is 9.48 Å². The number of nitrogens with two attached hydrogens (primary N) is 1. The average molecular weight is 264 g/mol. The molecule has 1 aliphatic heterocycles. The van der Waals surface area contributed by atoms with Crippen LogP contribution < -0.4 is 5.73 Å². The Kier molecular flexibility index (Phi) is 3.94. The third-order valence-corrected chi connectivity index (χ3v) is 4.19. The van der Waals surface area contributed by atoms with Crippen molar-refractivity contribution >= 4 is 5.91 Å². The Labute approximate surface area is 114 Å². The molecule has 0 radical (unpaired) electrons. The molecule has 1 amide bonds. The van der Waals surface area contributed by atoms with E-state index in [1.54, 1.807) is 0 Å². The van der Waals surface area contributed by atoms with Gasteiger partial charge in [-0.15, -0.1) is 0 Å². The Hall–Kier alpha value is -1.36. The smallest absolute Gasteiger partial charge is 0.239 e. The van der Waals surface area contributed by atoms with Crippen molar-refractivity contribution in [3.05, 3.63) is 17.0 Å². The molecule has 1 fully saturated rings. The fraction of sp³-hybridized carbons (Fsp3) is 0.714. The zero-order chi connectivity index (χ0) is 14.2. The highest BCUT2D eigenvalue weighted by atomic mass is 16.2. The normalized spacial score (nSPS) is 20.9. The van der Waals surface area contributed by atoms with Gasteiger partial charge in [0.25, 0.3) is 0 Å². The van der Waals surface area contributed by atoms with Gasteiger partial charge in [0, 0.05) is 24.8 Å². The first kappa shape index (κ1) is 14.1. The van der Waals surface area contributed by atoms with E-state index in [1.165, 1.54) is 5.56 Å². The van der Waals surface area contributed by atoms with Crippen molar-refractivity contribution in [2.75, 3.05) is 6.54 Å². The number of carbonyl (C=O) groups is 1. The Bertz CT molecular complexity index is 480. The number of amides is 1. The summed E-state index contributed by atoms with van der Waals surface area (Å²) in [5.41, 5.74) is 9.28. The quantitative estimate of drug-likeness (QED) is 0.898. The van der Waals surface area contributed by atoms with Crippen molar-refractivity contribution in [1.29, 1.82) is 0 Å². The minimum atomic E-state index is -0.377. The van der Waals surface area contributed by atoms with Gasteiger partial charge in [-0.2, -0.15) is 5.10 Å². The van der Waals surface area contributed by atoms with E-state index in [4.69, 9.17) is 5.73 Å². The van der Waals surface area contributed by atoms with Crippen molar-refractivity contribution < 1.29 is 4.79 Å². The van der Waals surface area contributed by atoms with E-state index in [0.29, 0.717) is 6.42 Å². The molecule has 1 saturated heterocycles. The summed E-state index contributed by atoms with van der Waals surface area (Å²) in [6.07, 6.45) is 2.74. The van der Waals surface area contributed by atoms with E-state index in [-0.39, 0.29) is 18.0 Å². The fourth-order valence-electron chi connectivity index (χ4n) is 2.99. The van der Waals surface area contributed by atoms with Gasteiger partial charge in [-0.25, -0.2) is 0 Å². The van der Waals surface area contributed by atoms with Crippen LogP contribution in [0.4, 0.5) is 0 Å². The molecule has 2 rings (SSSR count). The van der Waals surface area contributed by atoms with Crippen LogP contribution in [0.3, 0.4) is 0 Å². The number of hydrogen-bond acceptors (Lipinski definition) is 3. The van der Waals surface area contributed by atoms with Crippen LogP contribution in [0, 0.1) is 13.8 Å². The van der Waals surface area contributed by atoms with Crippen molar-refractivity contribution in [3.8, 4) is 0 Å². The summed E-state index contributed by atoms with van der Waals surface area (Å²) in [6.45, 7) is 6.85. The van der Waals surface area contributed by atoms with E-state index in [0.717, 1.165) is 30.8 Å². The number of aromatic nitrogens is 2. The number of likely N-dealkylation sites (tertiary alicyclic amines) is 1. The molecule has 1 aromatic rings. The fourth-order valence-corrected chi connectivity index (χ4v) is 2.99. The molecule has 106 valence electrons. The summed E-state index contributed by atoms with van der Waals surface area (Å²) >= 11 is 0. The molecule has 2 atom stereocenters. The van der Waals surface area contributed by atoms with Crippen molar-refractivity contribution in [1.82, 2.24) is 14.7 Å². The van der Waals surface area contributed by atoms with E-state index in [2.05, 4.69) is 12.0 Å². The lowest BCUT2D eigenvalue weighted by atomic mass is 10.0. The maximum Gasteiger partial charge on any atom is 0.239 e. The lowest BCUT2D eigenvalue weighted by Gasteiger charge is -2.27. The van der Waals surface area contributed by atoms with Crippen LogP contribution >= 0.6 is 0 Å². The summed E-state index contributed by atoms with van der Waals surface area (Å²) in [7, 11) is 1.95. The van der Waals surface area contributed by atoms with Gasteiger partial charge in [0.15, 0.2) is 0 Å². The van der Waals surface area contributed by atoms with E-state index in [9.17, 15) is 4.79 Å². The summed E-state index contributed by atoms with van der Waals surface area (Å²) in [5.74, 6) is 0.0765. The second-order valence-corrected chi connectivity index (χ2v) is 5.41. The van der Waals surface area contributed by atoms with Gasteiger partial charge in [-0.05, 0) is 33.1 Å². The molecule has 1 aliphatic rings. The van der Waals surface area contributed by atoms with Gasteiger partial charge >= 0.3 is 0 Å². The van der Waals surface area contributed by atoms with Gasteiger partial charge in [0.2, 0.25) is 5.91 Å². The second kappa shape index (κ2) is 5.33. The zero-order valence-electron chi connectivity index (χ0n) is 12.3. The highest BCUT2D eigenvalue weighted by Crippen LogP contribution is 2.35. The summed E-state index contributed by atoms with van der Waals surface area (Å²) < 4.78 is 1.89. The van der Waals surface area contributed by atoms with E-state index >= 15 is 0 Å². The molecular formula is C14H24N4O. The Morgan fingerprint density at radius 2 is 2.21 bits per heavy atom. The first-order valence-corrected chi connectivity index (χ1v) is 7.03. The zero-order valence-corrected chi connectivity index (χ0v) is 12.3. The third-order valence-electron chi connectivity index (χ3n) is 4.19. The molecule has 0 bridgehead atoms. The van der Waals surface area contributed by atoms with Crippen molar-refractivity contribution in [2.24, 2.45) is 12.8 Å². The standard InChI is InChI=1S/C14H24N4O/c1-5-11(15)14(19)18-8-6-7-12(18)13-9(2)16-17(4)10(13)3/h11-12H,5-8,15H2,1-4H3/t11-,12?/m0/s1. The van der Waals surface area contributed by atoms with Crippen LogP contribution in [0.25, 0.3) is 0 Å². The predicted octanol–water partition coefficient (Wildman–Crippen LogP) is 1.44. The third kappa shape index (κ3) is 2.39. The molecule has 5 nitrogen and oxygen atoms in total. The van der Waals surface area contributed by atoms with Crippen LogP contribution in [-0.4, -0.2) is 33.2 Å². The van der Waals surface area contributed by atoms with Crippen LogP contribution in [0.15, 0.2) is 0 Å². The maximum absolute atomic E-state index is 12.4. The number of aryl methyl sites for hydroxylation is 2. The highest BCUT2D eigenvalue weighted by Gasteiger charge is 2.34. The molecule has 0 spiro atoms. The summed E-state index contributed by atoms with van der Waals surface area (Å²) in [4.78, 5) is 14.3. The SMILES string of the molecule is CC[C@H](N)C(=O)N1CCCC1c1c(C)nn(C)c1C. The van der Waals surface area contributed by atoms with Gasteiger partial charge in [0.1, 0.15) is 0 Å². The Balaban J connectivity index is 2.31. The monoisotopic (exact) mass is 264 g/mol. The molecule has 2 N–H and O–H groups in total. The molecular weight excluding hydrogens is 240 g/mol. The molecule has 19 heavy (non-hydrogen) atoms. The molecule has 1 unspecified atom stereocenters. The van der Waals surface area contributed by atoms with E-state index < -0.39 is 0 Å². The maximum atomic E-state index is 12.4. The van der Waals surface area contributed by atoms with Gasteiger partial charge in [-0.1, -0.05) is 6.92 Å². The Morgan fingerprint density at radius 1 is 1.53 bits per heavy atom. The molecule has 2 heterocycles. The molecule has 0 aromatic carbocycles. The number of hydrogen-bond donors (Lipinski definition) is 1. The number of nitrogens with zero attached hydrogens (tertiary/aromatic N) is 3. The average Bonchev–Trinajstić information content (AvgIpc) is 2.93. The summed E-state index contributed by atoms with van der Waals surface area (Å²) in [6, 6.07) is -0.225. The minimum Gasteiger partial charge on any atom is -0.334 e. The predicted molar refractivity (Wildman–Crippen MR) is 74.6 cm³/mol. The molecule has 5 heteroatoms. The van der Waals surface area contributed by atoms with Crippen LogP contribution in [0.2, 0.25) is 0 Å². The number of rotatable bonds is 3. The van der Waals surface area contributed by atoms with Crippen LogP contribution in [0.5, 0.6) is 0 Å². The summed E-state index contributed by atoms with van der Waals surface area (Å²) in [5, 5.41) is 4.46. The van der Waals surface area contributed by atoms with E-state index in [1.807, 2.05) is 30.5 Å². The lowest BCUT2D eigenvalue weighted by molar-refractivity contribution is -0.133. The minimum absolute atomic E-state index is 0.0765.